The molecular weight excluding hydrogens is 352 g/mol. The Kier molecular flexibility index (Phi) is 7.50. The molecule has 156 valence electrons. The normalized spacial score (nSPS) is 15.6. The van der Waals surface area contributed by atoms with Gasteiger partial charge < -0.3 is 15.0 Å². The zero-order valence-electron chi connectivity index (χ0n) is 18.3. The lowest BCUT2D eigenvalue weighted by Crippen LogP contribution is -2.47. The van der Waals surface area contributed by atoms with Gasteiger partial charge in [0, 0.05) is 25.6 Å². The molecule has 1 aromatic carbocycles. The molecule has 5 nitrogen and oxygen atoms in total. The predicted molar refractivity (Wildman–Crippen MR) is 113 cm³/mol. The van der Waals surface area contributed by atoms with Gasteiger partial charge in [-0.15, -0.1) is 0 Å². The Morgan fingerprint density at radius 2 is 1.86 bits per heavy atom. The van der Waals surface area contributed by atoms with Gasteiger partial charge in [0.1, 0.15) is 5.75 Å². The van der Waals surface area contributed by atoms with Crippen LogP contribution in [-0.4, -0.2) is 42.5 Å². The minimum atomic E-state index is -0.104. The van der Waals surface area contributed by atoms with Gasteiger partial charge in [-0.2, -0.15) is 0 Å². The van der Waals surface area contributed by atoms with Crippen LogP contribution < -0.4 is 10.1 Å². The van der Waals surface area contributed by atoms with Crippen LogP contribution in [0.15, 0.2) is 18.2 Å². The maximum Gasteiger partial charge on any atom is 0.258 e. The number of aryl methyl sites for hydroxylation is 1. The van der Waals surface area contributed by atoms with Crippen LogP contribution in [0.2, 0.25) is 0 Å². The highest BCUT2D eigenvalue weighted by molar-refractivity contribution is 5.78. The lowest BCUT2D eigenvalue weighted by Gasteiger charge is -2.33. The highest BCUT2D eigenvalue weighted by atomic mass is 16.5. The van der Waals surface area contributed by atoms with Crippen molar-refractivity contribution in [2.24, 2.45) is 5.92 Å². The van der Waals surface area contributed by atoms with Gasteiger partial charge in [0.15, 0.2) is 6.61 Å². The molecule has 0 aliphatic carbocycles. The quantitative estimate of drug-likeness (QED) is 0.806. The van der Waals surface area contributed by atoms with E-state index in [2.05, 4.69) is 52.9 Å². The molecule has 0 saturated carbocycles. The van der Waals surface area contributed by atoms with E-state index in [0.29, 0.717) is 25.4 Å². The van der Waals surface area contributed by atoms with Gasteiger partial charge in [0.25, 0.3) is 5.91 Å². The first kappa shape index (κ1) is 22.3. The van der Waals surface area contributed by atoms with Gasteiger partial charge in [-0.25, -0.2) is 0 Å². The molecule has 1 N–H and O–H groups in total. The molecule has 0 bridgehead atoms. The number of piperidine rings is 1. The molecule has 1 aliphatic heterocycles. The third kappa shape index (κ3) is 6.54. The van der Waals surface area contributed by atoms with Crippen LogP contribution in [0.4, 0.5) is 0 Å². The summed E-state index contributed by atoms with van der Waals surface area (Å²) in [6.45, 7) is 14.0. The smallest absolute Gasteiger partial charge is 0.258 e. The van der Waals surface area contributed by atoms with Gasteiger partial charge in [0.2, 0.25) is 5.91 Å². The predicted octanol–water partition coefficient (Wildman–Crippen LogP) is 3.82. The molecule has 1 aromatic rings. The zero-order chi connectivity index (χ0) is 20.9. The highest BCUT2D eigenvalue weighted by Crippen LogP contribution is 2.32. The van der Waals surface area contributed by atoms with E-state index >= 15 is 0 Å². The molecule has 1 aliphatic rings. The number of nitrogens with zero attached hydrogens (tertiary/aromatic N) is 1. The number of amides is 2. The molecule has 0 atom stereocenters. The zero-order valence-corrected chi connectivity index (χ0v) is 18.3. The van der Waals surface area contributed by atoms with E-state index in [4.69, 9.17) is 4.74 Å². The Bertz CT molecular complexity index is 684. The number of hydrogen-bond donors (Lipinski definition) is 1. The highest BCUT2D eigenvalue weighted by Gasteiger charge is 2.25. The Morgan fingerprint density at radius 1 is 1.21 bits per heavy atom. The molecular formula is C23H36N2O3. The first-order chi connectivity index (χ1) is 13.1. The van der Waals surface area contributed by atoms with Crippen molar-refractivity contribution in [3.8, 4) is 5.75 Å². The number of rotatable bonds is 6. The van der Waals surface area contributed by atoms with Gasteiger partial charge in [-0.05, 0) is 42.7 Å². The van der Waals surface area contributed by atoms with E-state index in [1.165, 1.54) is 5.56 Å². The molecule has 1 heterocycles. The minimum Gasteiger partial charge on any atom is -0.483 e. The number of likely N-dealkylation sites (tertiary alicyclic amines) is 1. The summed E-state index contributed by atoms with van der Waals surface area (Å²) in [5.74, 6) is 1.26. The molecule has 0 unspecified atom stereocenters. The maximum absolute atomic E-state index is 12.4. The molecule has 1 saturated heterocycles. The van der Waals surface area contributed by atoms with Gasteiger partial charge in [-0.1, -0.05) is 52.3 Å². The van der Waals surface area contributed by atoms with Crippen LogP contribution in [0.1, 0.15) is 65.0 Å². The fraction of sp³-hybridized carbons (Fsp3) is 0.652. The standard InChI is InChI=1S/C23H36N2O3/c1-16(2)13-22(27)25-11-9-18(10-12-25)24-21(26)15-28-20-8-7-17(3)14-19(20)23(4,5)6/h7-8,14,16,18H,9-13,15H2,1-6H3,(H,24,26). The van der Waals surface area contributed by atoms with Crippen molar-refractivity contribution in [1.29, 1.82) is 0 Å². The van der Waals surface area contributed by atoms with E-state index in [-0.39, 0.29) is 29.9 Å². The lowest BCUT2D eigenvalue weighted by molar-refractivity contribution is -0.133. The molecule has 28 heavy (non-hydrogen) atoms. The molecule has 2 amide bonds. The minimum absolute atomic E-state index is 0.0125. The average Bonchev–Trinajstić information content (AvgIpc) is 2.60. The molecule has 2 rings (SSSR count). The van der Waals surface area contributed by atoms with E-state index in [9.17, 15) is 9.59 Å². The van der Waals surface area contributed by atoms with Crippen LogP contribution in [-0.2, 0) is 15.0 Å². The van der Waals surface area contributed by atoms with Gasteiger partial charge >= 0.3 is 0 Å². The van der Waals surface area contributed by atoms with Crippen LogP contribution in [0.25, 0.3) is 0 Å². The fourth-order valence-electron chi connectivity index (χ4n) is 3.52. The number of carbonyl (C=O) groups excluding carboxylic acids is 2. The maximum atomic E-state index is 12.4. The van der Waals surface area contributed by atoms with Crippen molar-refractivity contribution in [3.05, 3.63) is 29.3 Å². The molecule has 0 aromatic heterocycles. The Hall–Kier alpha value is -2.04. The monoisotopic (exact) mass is 388 g/mol. The van der Waals surface area contributed by atoms with Crippen LogP contribution >= 0.6 is 0 Å². The first-order valence-electron chi connectivity index (χ1n) is 10.4. The second-order valence-corrected chi connectivity index (χ2v) is 9.36. The van der Waals surface area contributed by atoms with Gasteiger partial charge in [0.05, 0.1) is 0 Å². The number of benzene rings is 1. The SMILES string of the molecule is Cc1ccc(OCC(=O)NC2CCN(C(=O)CC(C)C)CC2)c(C(C)(C)C)c1. The third-order valence-corrected chi connectivity index (χ3v) is 5.10. The summed E-state index contributed by atoms with van der Waals surface area (Å²) in [6.07, 6.45) is 2.19. The van der Waals surface area contributed by atoms with E-state index < -0.39 is 0 Å². The third-order valence-electron chi connectivity index (χ3n) is 5.10. The van der Waals surface area contributed by atoms with Crippen molar-refractivity contribution in [2.45, 2.75) is 72.3 Å². The largest absolute Gasteiger partial charge is 0.483 e. The van der Waals surface area contributed by atoms with Crippen molar-refractivity contribution in [1.82, 2.24) is 10.2 Å². The summed E-state index contributed by atoms with van der Waals surface area (Å²) < 4.78 is 5.85. The molecule has 0 spiro atoms. The molecule has 0 radical (unpaired) electrons. The second kappa shape index (κ2) is 9.44. The number of hydrogen-bond acceptors (Lipinski definition) is 3. The van der Waals surface area contributed by atoms with Gasteiger partial charge in [-0.3, -0.25) is 9.59 Å². The number of nitrogens with one attached hydrogen (secondary N) is 1. The molecule has 5 heteroatoms. The average molecular weight is 389 g/mol. The van der Waals surface area contributed by atoms with Crippen LogP contribution in [0.3, 0.4) is 0 Å². The van der Waals surface area contributed by atoms with Crippen LogP contribution in [0.5, 0.6) is 5.75 Å². The Balaban J connectivity index is 1.82. The topological polar surface area (TPSA) is 58.6 Å². The van der Waals surface area contributed by atoms with Crippen molar-refractivity contribution < 1.29 is 14.3 Å². The first-order valence-corrected chi connectivity index (χ1v) is 10.4. The molecule has 1 fully saturated rings. The van der Waals surface area contributed by atoms with Crippen molar-refractivity contribution in [2.75, 3.05) is 19.7 Å². The van der Waals surface area contributed by atoms with Crippen molar-refractivity contribution in [3.63, 3.8) is 0 Å². The van der Waals surface area contributed by atoms with Crippen LogP contribution in [0, 0.1) is 12.8 Å². The Labute approximate surface area is 169 Å². The summed E-state index contributed by atoms with van der Waals surface area (Å²) in [4.78, 5) is 26.4. The fourth-order valence-corrected chi connectivity index (χ4v) is 3.52. The van der Waals surface area contributed by atoms with E-state index in [1.807, 2.05) is 17.0 Å². The number of carbonyl (C=O) groups is 2. The Morgan fingerprint density at radius 3 is 2.43 bits per heavy atom. The second-order valence-electron chi connectivity index (χ2n) is 9.36. The summed E-state index contributed by atoms with van der Waals surface area (Å²) in [7, 11) is 0. The summed E-state index contributed by atoms with van der Waals surface area (Å²) in [5.41, 5.74) is 2.24. The van der Waals surface area contributed by atoms with Crippen molar-refractivity contribution >= 4 is 11.8 Å². The van der Waals surface area contributed by atoms with E-state index in [0.717, 1.165) is 24.2 Å². The lowest BCUT2D eigenvalue weighted by atomic mass is 9.85. The van der Waals surface area contributed by atoms with E-state index in [1.54, 1.807) is 0 Å². The summed E-state index contributed by atoms with van der Waals surface area (Å²) >= 11 is 0. The summed E-state index contributed by atoms with van der Waals surface area (Å²) in [6, 6.07) is 6.19. The number of ether oxygens (including phenoxy) is 1. The summed E-state index contributed by atoms with van der Waals surface area (Å²) in [5, 5.41) is 3.06.